The van der Waals surface area contributed by atoms with Crippen LogP contribution in [0.4, 0.5) is 10.1 Å². The van der Waals surface area contributed by atoms with Crippen molar-refractivity contribution in [2.24, 2.45) is 0 Å². The second-order valence-electron chi connectivity index (χ2n) is 10.9. The summed E-state index contributed by atoms with van der Waals surface area (Å²) in [6, 6.07) is 24.2. The smallest absolute Gasteiger partial charge is 0.264 e. The molecule has 0 unspecified atom stereocenters. The summed E-state index contributed by atoms with van der Waals surface area (Å²) in [7, 11) is -0.120. The van der Waals surface area contributed by atoms with Crippen LogP contribution in [0.5, 0.6) is 17.2 Å². The second kappa shape index (κ2) is 16.6. The summed E-state index contributed by atoms with van der Waals surface area (Å²) >= 11 is 0. The molecule has 0 fully saturated rings. The molecule has 0 aliphatic carbocycles. The first-order chi connectivity index (χ1) is 23.1. The molecule has 0 saturated carbocycles. The van der Waals surface area contributed by atoms with E-state index in [1.165, 1.54) is 56.6 Å². The molecule has 0 aliphatic heterocycles. The first-order valence-electron chi connectivity index (χ1n) is 15.4. The lowest BCUT2D eigenvalue weighted by molar-refractivity contribution is -0.140. The Morgan fingerprint density at radius 3 is 2.15 bits per heavy atom. The Labute approximate surface area is 281 Å². The summed E-state index contributed by atoms with van der Waals surface area (Å²) in [4.78, 5) is 29.5. The van der Waals surface area contributed by atoms with Gasteiger partial charge in [-0.2, -0.15) is 0 Å². The van der Waals surface area contributed by atoms with Gasteiger partial charge >= 0.3 is 0 Å². The molecule has 4 aromatic carbocycles. The SMILES string of the molecule is CCCNC(=O)[C@H](Cc1ccccc1)N(Cc1cccc(OC)c1)C(=O)CN(c1ccc(F)cc1)S(=O)(=O)c1ccc(OC)c(OC)c1. The molecule has 0 aromatic heterocycles. The van der Waals surface area contributed by atoms with Gasteiger partial charge in [-0.3, -0.25) is 13.9 Å². The Morgan fingerprint density at radius 2 is 1.50 bits per heavy atom. The third kappa shape index (κ3) is 8.82. The van der Waals surface area contributed by atoms with E-state index in [2.05, 4.69) is 5.32 Å². The van der Waals surface area contributed by atoms with Crippen molar-refractivity contribution in [3.63, 3.8) is 0 Å². The van der Waals surface area contributed by atoms with Crippen LogP contribution in [-0.2, 0) is 32.6 Å². The van der Waals surface area contributed by atoms with Gasteiger partial charge in [-0.05, 0) is 66.1 Å². The zero-order chi connectivity index (χ0) is 34.7. The van der Waals surface area contributed by atoms with E-state index in [4.69, 9.17) is 14.2 Å². The molecule has 0 aliphatic rings. The minimum atomic E-state index is -4.45. The molecule has 0 heterocycles. The van der Waals surface area contributed by atoms with Crippen LogP contribution < -0.4 is 23.8 Å². The number of carbonyl (C=O) groups is 2. The highest BCUT2D eigenvalue weighted by molar-refractivity contribution is 7.92. The fourth-order valence-electron chi connectivity index (χ4n) is 5.13. The van der Waals surface area contributed by atoms with Crippen LogP contribution in [0, 0.1) is 5.82 Å². The van der Waals surface area contributed by atoms with Crippen molar-refractivity contribution in [2.75, 3.05) is 38.7 Å². The molecule has 1 atom stereocenters. The van der Waals surface area contributed by atoms with Crippen LogP contribution in [-0.4, -0.2) is 65.6 Å². The van der Waals surface area contributed by atoms with Crippen molar-refractivity contribution >= 4 is 27.5 Å². The zero-order valence-electron chi connectivity index (χ0n) is 27.4. The fraction of sp³-hybridized carbons (Fsp3) is 0.278. The standard InChI is InChI=1S/C36H40FN3O7S/c1-5-20-38-36(42)32(22-26-10-7-6-8-11-26)39(24-27-12-9-13-30(21-27)45-2)35(41)25-40(29-16-14-28(37)15-17-29)48(43,44)31-18-19-33(46-3)34(23-31)47-4/h6-19,21,23,32H,5,20,22,24-25H2,1-4H3,(H,38,42)/t32-/m0/s1. The Kier molecular flexibility index (Phi) is 12.4. The predicted octanol–water partition coefficient (Wildman–Crippen LogP) is 5.21. The van der Waals surface area contributed by atoms with E-state index in [0.717, 1.165) is 22.0 Å². The monoisotopic (exact) mass is 677 g/mol. The maximum atomic E-state index is 14.6. The average Bonchev–Trinajstić information content (AvgIpc) is 3.11. The normalized spacial score (nSPS) is 11.7. The van der Waals surface area contributed by atoms with Gasteiger partial charge in [0.1, 0.15) is 24.2 Å². The second-order valence-corrected chi connectivity index (χ2v) is 12.7. The summed E-state index contributed by atoms with van der Waals surface area (Å²) in [5.41, 5.74) is 1.53. The van der Waals surface area contributed by atoms with E-state index in [9.17, 15) is 22.4 Å². The Balaban J connectivity index is 1.82. The lowest BCUT2D eigenvalue weighted by Gasteiger charge is -2.34. The lowest BCUT2D eigenvalue weighted by atomic mass is 10.0. The molecule has 0 saturated heterocycles. The molecular formula is C36H40FN3O7S. The molecule has 12 heteroatoms. The molecule has 10 nitrogen and oxygen atoms in total. The van der Waals surface area contributed by atoms with E-state index in [-0.39, 0.29) is 35.2 Å². The van der Waals surface area contributed by atoms with Crippen LogP contribution in [0.1, 0.15) is 24.5 Å². The van der Waals surface area contributed by atoms with Gasteiger partial charge in [0.2, 0.25) is 11.8 Å². The van der Waals surface area contributed by atoms with E-state index in [1.54, 1.807) is 24.3 Å². The van der Waals surface area contributed by atoms with Crippen LogP contribution in [0.25, 0.3) is 0 Å². The number of sulfonamides is 1. The largest absolute Gasteiger partial charge is 0.497 e. The zero-order valence-corrected chi connectivity index (χ0v) is 28.2. The summed E-state index contributed by atoms with van der Waals surface area (Å²) in [6.07, 6.45) is 0.848. The number of hydrogen-bond acceptors (Lipinski definition) is 7. The Bertz CT molecular complexity index is 1790. The number of anilines is 1. The molecule has 1 N–H and O–H groups in total. The van der Waals surface area contributed by atoms with Crippen molar-refractivity contribution in [1.82, 2.24) is 10.2 Å². The topological polar surface area (TPSA) is 114 Å². The number of carbonyl (C=O) groups excluding carboxylic acids is 2. The molecule has 0 bridgehead atoms. The summed E-state index contributed by atoms with van der Waals surface area (Å²) < 4.78 is 59.5. The highest BCUT2D eigenvalue weighted by Gasteiger charge is 2.35. The molecular weight excluding hydrogens is 637 g/mol. The Hall–Kier alpha value is -5.10. The van der Waals surface area contributed by atoms with Gasteiger partial charge in [-0.25, -0.2) is 12.8 Å². The number of amides is 2. The van der Waals surface area contributed by atoms with Crippen LogP contribution in [0.3, 0.4) is 0 Å². The minimum absolute atomic E-state index is 0.0270. The number of benzene rings is 4. The lowest BCUT2D eigenvalue weighted by Crippen LogP contribution is -2.53. The van der Waals surface area contributed by atoms with Gasteiger partial charge < -0.3 is 24.4 Å². The summed E-state index contributed by atoms with van der Waals surface area (Å²) in [5, 5.41) is 2.91. The molecule has 2 amide bonds. The third-order valence-corrected chi connectivity index (χ3v) is 9.41. The predicted molar refractivity (Wildman–Crippen MR) is 181 cm³/mol. The number of ether oxygens (including phenoxy) is 3. The highest BCUT2D eigenvalue weighted by Crippen LogP contribution is 2.32. The van der Waals surface area contributed by atoms with Gasteiger partial charge in [0, 0.05) is 25.6 Å². The first kappa shape index (κ1) is 35.7. The quantitative estimate of drug-likeness (QED) is 0.173. The molecule has 4 aromatic rings. The molecule has 254 valence electrons. The maximum Gasteiger partial charge on any atom is 0.264 e. The van der Waals surface area contributed by atoms with E-state index in [1.807, 2.05) is 37.3 Å². The highest BCUT2D eigenvalue weighted by atomic mass is 32.2. The van der Waals surface area contributed by atoms with Crippen LogP contribution in [0.2, 0.25) is 0 Å². The number of nitrogens with one attached hydrogen (secondary N) is 1. The van der Waals surface area contributed by atoms with Crippen molar-refractivity contribution in [2.45, 2.75) is 37.2 Å². The molecule has 4 rings (SSSR count). The number of nitrogens with zero attached hydrogens (tertiary/aromatic N) is 2. The summed E-state index contributed by atoms with van der Waals surface area (Å²) in [6.45, 7) is 1.59. The molecule has 0 spiro atoms. The number of methoxy groups -OCH3 is 3. The number of rotatable bonds is 16. The van der Waals surface area contributed by atoms with Gasteiger partial charge in [0.05, 0.1) is 31.9 Å². The van der Waals surface area contributed by atoms with E-state index < -0.39 is 34.3 Å². The van der Waals surface area contributed by atoms with Gasteiger partial charge in [-0.1, -0.05) is 49.4 Å². The van der Waals surface area contributed by atoms with E-state index >= 15 is 0 Å². The van der Waals surface area contributed by atoms with Gasteiger partial charge in [0.15, 0.2) is 11.5 Å². The van der Waals surface area contributed by atoms with Crippen LogP contribution >= 0.6 is 0 Å². The molecule has 0 radical (unpaired) electrons. The van der Waals surface area contributed by atoms with Gasteiger partial charge in [0.25, 0.3) is 10.0 Å². The first-order valence-corrected chi connectivity index (χ1v) is 16.8. The van der Waals surface area contributed by atoms with Crippen molar-refractivity contribution in [1.29, 1.82) is 0 Å². The molecule has 48 heavy (non-hydrogen) atoms. The van der Waals surface area contributed by atoms with Crippen molar-refractivity contribution in [3.8, 4) is 17.2 Å². The number of hydrogen-bond donors (Lipinski definition) is 1. The average molecular weight is 678 g/mol. The number of halogens is 1. The minimum Gasteiger partial charge on any atom is -0.497 e. The Morgan fingerprint density at radius 1 is 0.812 bits per heavy atom. The van der Waals surface area contributed by atoms with Gasteiger partial charge in [-0.15, -0.1) is 0 Å². The van der Waals surface area contributed by atoms with E-state index in [0.29, 0.717) is 30.0 Å². The fourth-order valence-corrected chi connectivity index (χ4v) is 6.56. The maximum absolute atomic E-state index is 14.6. The van der Waals surface area contributed by atoms with Crippen molar-refractivity contribution < 1.29 is 36.6 Å². The van der Waals surface area contributed by atoms with Crippen LogP contribution in [0.15, 0.2) is 102 Å². The third-order valence-electron chi connectivity index (χ3n) is 7.64. The van der Waals surface area contributed by atoms with Crippen molar-refractivity contribution in [3.05, 3.63) is 114 Å². The summed E-state index contributed by atoms with van der Waals surface area (Å²) in [5.74, 6) is -0.583.